The molecule has 0 radical (unpaired) electrons. The second kappa shape index (κ2) is 11.8. The van der Waals surface area contributed by atoms with Gasteiger partial charge in [-0.2, -0.15) is 0 Å². The van der Waals surface area contributed by atoms with Crippen molar-refractivity contribution in [3.63, 3.8) is 0 Å². The van der Waals surface area contributed by atoms with Gasteiger partial charge >= 0.3 is 0 Å². The number of aryl methyl sites for hydroxylation is 1. The van der Waals surface area contributed by atoms with Crippen LogP contribution in [0.5, 0.6) is 0 Å². The second-order valence-electron chi connectivity index (χ2n) is 5.11. The van der Waals surface area contributed by atoms with Crippen molar-refractivity contribution in [2.24, 2.45) is 5.92 Å². The summed E-state index contributed by atoms with van der Waals surface area (Å²) in [7, 11) is 0. The molecule has 0 fully saturated rings. The Balaban J connectivity index is 0. The Hall–Kier alpha value is -1.30. The van der Waals surface area contributed by atoms with Crippen molar-refractivity contribution < 1.29 is 0 Å². The number of rotatable bonds is 2. The standard InChI is InChI=1S/C13H16.C4H10.C2H6/c1-5-10(2)9-13-8-6-7-11(3)12(13)4;1-4(2)3;1-2/h5-9H,1H2,2-4H3;4H,1-3H3;1-2H3/b10-9-;;. The smallest absolute Gasteiger partial charge is 0.0222 e. The third-order valence-electron chi connectivity index (χ3n) is 2.35. The number of hydrogen-bond donors (Lipinski definition) is 0. The maximum atomic E-state index is 3.74. The Bertz CT molecular complexity index is 378. The molecule has 19 heavy (non-hydrogen) atoms. The molecule has 0 unspecified atom stereocenters. The van der Waals surface area contributed by atoms with E-state index in [2.05, 4.69) is 72.4 Å². The molecule has 0 aliphatic heterocycles. The van der Waals surface area contributed by atoms with Gasteiger partial charge in [-0.1, -0.05) is 77.1 Å². The molecule has 0 aromatic heterocycles. The van der Waals surface area contributed by atoms with Crippen molar-refractivity contribution in [3.05, 3.63) is 53.1 Å². The van der Waals surface area contributed by atoms with E-state index in [1.807, 2.05) is 19.9 Å². The highest BCUT2D eigenvalue weighted by Crippen LogP contribution is 2.15. The lowest BCUT2D eigenvalue weighted by Gasteiger charge is -2.04. The maximum absolute atomic E-state index is 3.74. The molecule has 0 saturated heterocycles. The van der Waals surface area contributed by atoms with Crippen LogP contribution in [0.1, 0.15) is 58.2 Å². The summed E-state index contributed by atoms with van der Waals surface area (Å²) in [5.74, 6) is 0.833. The molecule has 0 bridgehead atoms. The van der Waals surface area contributed by atoms with Crippen molar-refractivity contribution in [1.29, 1.82) is 0 Å². The lowest BCUT2D eigenvalue weighted by atomic mass is 10.0. The van der Waals surface area contributed by atoms with Crippen LogP contribution >= 0.6 is 0 Å². The van der Waals surface area contributed by atoms with Gasteiger partial charge in [-0.15, -0.1) is 0 Å². The topological polar surface area (TPSA) is 0 Å². The van der Waals surface area contributed by atoms with Gasteiger partial charge in [0, 0.05) is 0 Å². The molecule has 0 spiro atoms. The lowest BCUT2D eigenvalue weighted by Crippen LogP contribution is -1.85. The third-order valence-corrected chi connectivity index (χ3v) is 2.35. The zero-order valence-electron chi connectivity index (χ0n) is 14.2. The predicted molar refractivity (Wildman–Crippen MR) is 91.6 cm³/mol. The second-order valence-corrected chi connectivity index (χ2v) is 5.11. The first-order valence-corrected chi connectivity index (χ1v) is 7.25. The largest absolute Gasteiger partial charge is 0.0988 e. The van der Waals surface area contributed by atoms with Crippen molar-refractivity contribution in [1.82, 2.24) is 0 Å². The monoisotopic (exact) mass is 260 g/mol. The van der Waals surface area contributed by atoms with E-state index in [1.165, 1.54) is 22.3 Å². The van der Waals surface area contributed by atoms with Gasteiger partial charge < -0.3 is 0 Å². The molecular weight excluding hydrogens is 228 g/mol. The minimum Gasteiger partial charge on any atom is -0.0988 e. The van der Waals surface area contributed by atoms with E-state index in [0.29, 0.717) is 0 Å². The Morgan fingerprint density at radius 2 is 1.58 bits per heavy atom. The highest BCUT2D eigenvalue weighted by Gasteiger charge is 1.96. The molecule has 1 aromatic carbocycles. The molecule has 0 nitrogen and oxygen atoms in total. The van der Waals surface area contributed by atoms with Crippen LogP contribution in [0.4, 0.5) is 0 Å². The average molecular weight is 260 g/mol. The fraction of sp³-hybridized carbons (Fsp3) is 0.474. The van der Waals surface area contributed by atoms with Crippen LogP contribution < -0.4 is 0 Å². The third kappa shape index (κ3) is 10.3. The quantitative estimate of drug-likeness (QED) is 0.527. The maximum Gasteiger partial charge on any atom is -0.0222 e. The normalized spacial score (nSPS) is 10.1. The zero-order chi connectivity index (χ0) is 15.4. The number of hydrogen-bond acceptors (Lipinski definition) is 0. The molecule has 0 heterocycles. The number of benzene rings is 1. The Kier molecular flexibility index (Phi) is 12.4. The van der Waals surface area contributed by atoms with E-state index in [9.17, 15) is 0 Å². The summed E-state index contributed by atoms with van der Waals surface area (Å²) < 4.78 is 0. The van der Waals surface area contributed by atoms with E-state index < -0.39 is 0 Å². The SMILES string of the molecule is C=C/C(C)=C\c1cccc(C)c1C.CC.CC(C)C. The van der Waals surface area contributed by atoms with E-state index in [4.69, 9.17) is 0 Å². The van der Waals surface area contributed by atoms with Gasteiger partial charge in [0.2, 0.25) is 0 Å². The van der Waals surface area contributed by atoms with Gasteiger partial charge in [0.15, 0.2) is 0 Å². The lowest BCUT2D eigenvalue weighted by molar-refractivity contribution is 0.737. The van der Waals surface area contributed by atoms with Crippen LogP contribution in [-0.2, 0) is 0 Å². The van der Waals surface area contributed by atoms with Gasteiger partial charge in [-0.3, -0.25) is 0 Å². The summed E-state index contributed by atoms with van der Waals surface area (Å²) in [5, 5.41) is 0. The minimum absolute atomic E-state index is 0.833. The summed E-state index contributed by atoms with van der Waals surface area (Å²) in [5.41, 5.74) is 5.18. The van der Waals surface area contributed by atoms with Crippen molar-refractivity contribution in [2.75, 3.05) is 0 Å². The van der Waals surface area contributed by atoms with Gasteiger partial charge in [0.1, 0.15) is 0 Å². The summed E-state index contributed by atoms with van der Waals surface area (Å²) in [4.78, 5) is 0. The van der Waals surface area contributed by atoms with Gasteiger partial charge in [0.25, 0.3) is 0 Å². The summed E-state index contributed by atoms with van der Waals surface area (Å²) in [6, 6.07) is 6.36. The predicted octanol–water partition coefficient (Wildman–Crippen LogP) is 6.58. The highest BCUT2D eigenvalue weighted by molar-refractivity contribution is 5.59. The first-order valence-electron chi connectivity index (χ1n) is 7.25. The molecule has 0 aliphatic rings. The molecule has 108 valence electrons. The molecule has 1 rings (SSSR count). The van der Waals surface area contributed by atoms with Gasteiger partial charge in [-0.25, -0.2) is 0 Å². The molecule has 0 saturated carbocycles. The van der Waals surface area contributed by atoms with E-state index in [0.717, 1.165) is 5.92 Å². The first kappa shape index (κ1) is 20.0. The van der Waals surface area contributed by atoms with E-state index >= 15 is 0 Å². The summed E-state index contributed by atoms with van der Waals surface area (Å²) in [6.45, 7) is 20.6. The molecule has 0 heteroatoms. The number of allylic oxidation sites excluding steroid dienone is 2. The van der Waals surface area contributed by atoms with E-state index in [-0.39, 0.29) is 0 Å². The van der Waals surface area contributed by atoms with Crippen LogP contribution in [-0.4, -0.2) is 0 Å². The minimum atomic E-state index is 0.833. The fourth-order valence-corrected chi connectivity index (χ4v) is 1.23. The first-order chi connectivity index (χ1) is 8.88. The molecular formula is C19H32. The van der Waals surface area contributed by atoms with Crippen LogP contribution in [0, 0.1) is 19.8 Å². The molecule has 1 aromatic rings. The van der Waals surface area contributed by atoms with Crippen LogP contribution in [0.3, 0.4) is 0 Å². The van der Waals surface area contributed by atoms with Crippen molar-refractivity contribution >= 4 is 6.08 Å². The van der Waals surface area contributed by atoms with Gasteiger partial charge in [0.05, 0.1) is 0 Å². The van der Waals surface area contributed by atoms with E-state index in [1.54, 1.807) is 0 Å². The molecule has 0 aliphatic carbocycles. The van der Waals surface area contributed by atoms with Gasteiger partial charge in [-0.05, 0) is 43.4 Å². The van der Waals surface area contributed by atoms with Crippen molar-refractivity contribution in [2.45, 2.75) is 55.4 Å². The Labute approximate surface area is 121 Å². The van der Waals surface area contributed by atoms with Crippen LogP contribution in [0.2, 0.25) is 0 Å². The highest BCUT2D eigenvalue weighted by atomic mass is 14.0. The Morgan fingerprint density at radius 1 is 1.11 bits per heavy atom. The molecule has 0 atom stereocenters. The average Bonchev–Trinajstić information content (AvgIpc) is 2.36. The Morgan fingerprint density at radius 3 is 2.00 bits per heavy atom. The van der Waals surface area contributed by atoms with Crippen molar-refractivity contribution in [3.8, 4) is 0 Å². The molecule has 0 amide bonds. The zero-order valence-corrected chi connectivity index (χ0v) is 14.2. The van der Waals surface area contributed by atoms with Crippen LogP contribution in [0.25, 0.3) is 6.08 Å². The van der Waals surface area contributed by atoms with Crippen LogP contribution in [0.15, 0.2) is 36.4 Å². The fourth-order valence-electron chi connectivity index (χ4n) is 1.23. The molecule has 0 N–H and O–H groups in total. The summed E-state index contributed by atoms with van der Waals surface area (Å²) in [6.07, 6.45) is 4.04. The summed E-state index contributed by atoms with van der Waals surface area (Å²) >= 11 is 0.